The Balaban J connectivity index is 1.77. The number of pyridine rings is 1. The van der Waals surface area contributed by atoms with Crippen LogP contribution in [-0.2, 0) is 11.2 Å². The lowest BCUT2D eigenvalue weighted by Gasteiger charge is -2.02. The fourth-order valence-corrected chi connectivity index (χ4v) is 1.73. The molecule has 1 aromatic heterocycles. The number of nitrogens with zero attached hydrogens (tertiary/aromatic N) is 1. The van der Waals surface area contributed by atoms with Crippen molar-refractivity contribution in [3.05, 3.63) is 71.8 Å². The second-order valence-electron chi connectivity index (χ2n) is 4.29. The first-order chi connectivity index (χ1) is 9.74. The molecule has 1 aromatic carbocycles. The molecule has 0 saturated carbocycles. The molecule has 1 heterocycles. The number of carbonyl (C=O) groups excluding carboxylic acids is 1. The molecule has 0 fully saturated rings. The quantitative estimate of drug-likeness (QED) is 0.848. The average molecular weight is 270 g/mol. The predicted molar refractivity (Wildman–Crippen MR) is 76.4 cm³/mol. The molecule has 0 aliphatic rings. The molecule has 20 heavy (non-hydrogen) atoms. The van der Waals surface area contributed by atoms with E-state index in [2.05, 4.69) is 10.3 Å². The molecule has 0 bridgehead atoms. The summed E-state index contributed by atoms with van der Waals surface area (Å²) >= 11 is 0. The van der Waals surface area contributed by atoms with Crippen molar-refractivity contribution in [2.45, 2.75) is 6.42 Å². The molecule has 0 saturated heterocycles. The fraction of sp³-hybridized carbons (Fsp3) is 0.125. The van der Waals surface area contributed by atoms with E-state index in [1.807, 2.05) is 18.2 Å². The largest absolute Gasteiger partial charge is 0.352 e. The van der Waals surface area contributed by atoms with E-state index >= 15 is 0 Å². The van der Waals surface area contributed by atoms with Gasteiger partial charge >= 0.3 is 0 Å². The minimum atomic E-state index is -0.259. The Hall–Kier alpha value is -2.49. The Kier molecular flexibility index (Phi) is 5.00. The lowest BCUT2D eigenvalue weighted by atomic mass is 10.1. The standard InChI is InChI=1S/C16H15FN2O/c17-15-5-1-3-13(11-15)8-10-19-16(20)7-6-14-4-2-9-18-12-14/h1-7,9,11-12H,8,10H2,(H,19,20)/b7-6+. The van der Waals surface area contributed by atoms with E-state index in [0.29, 0.717) is 13.0 Å². The third-order valence-corrected chi connectivity index (χ3v) is 2.71. The molecule has 102 valence electrons. The topological polar surface area (TPSA) is 42.0 Å². The molecule has 0 aliphatic heterocycles. The summed E-state index contributed by atoms with van der Waals surface area (Å²) in [6.45, 7) is 0.472. The Morgan fingerprint density at radius 3 is 2.95 bits per heavy atom. The van der Waals surface area contributed by atoms with Crippen molar-refractivity contribution in [1.82, 2.24) is 10.3 Å². The molecule has 0 atom stereocenters. The van der Waals surface area contributed by atoms with Crippen molar-refractivity contribution in [1.29, 1.82) is 0 Å². The van der Waals surface area contributed by atoms with Crippen LogP contribution < -0.4 is 5.32 Å². The Morgan fingerprint density at radius 2 is 2.20 bits per heavy atom. The average Bonchev–Trinajstić information content (AvgIpc) is 2.46. The summed E-state index contributed by atoms with van der Waals surface area (Å²) in [6, 6.07) is 10.0. The summed E-state index contributed by atoms with van der Waals surface area (Å²) in [7, 11) is 0. The molecule has 1 amide bonds. The molecule has 3 nitrogen and oxygen atoms in total. The molecule has 2 rings (SSSR count). The smallest absolute Gasteiger partial charge is 0.244 e. The van der Waals surface area contributed by atoms with Gasteiger partial charge in [-0.15, -0.1) is 0 Å². The molecule has 1 N–H and O–H groups in total. The first-order valence-corrected chi connectivity index (χ1v) is 6.34. The maximum absolute atomic E-state index is 13.0. The van der Waals surface area contributed by atoms with Crippen molar-refractivity contribution in [3.63, 3.8) is 0 Å². The zero-order valence-electron chi connectivity index (χ0n) is 10.9. The first kappa shape index (κ1) is 13.9. The van der Waals surface area contributed by atoms with Crippen molar-refractivity contribution in [2.24, 2.45) is 0 Å². The Bertz CT molecular complexity index is 596. The van der Waals surface area contributed by atoms with Crippen LogP contribution in [0.3, 0.4) is 0 Å². The SMILES string of the molecule is O=C(/C=C/c1cccnc1)NCCc1cccc(F)c1. The van der Waals surface area contributed by atoms with Gasteiger partial charge in [-0.25, -0.2) is 4.39 Å². The van der Waals surface area contributed by atoms with Crippen LogP contribution in [0.2, 0.25) is 0 Å². The first-order valence-electron chi connectivity index (χ1n) is 6.34. The van der Waals surface area contributed by atoms with Gasteiger partial charge < -0.3 is 5.32 Å². The number of carbonyl (C=O) groups is 1. The van der Waals surface area contributed by atoms with E-state index < -0.39 is 0 Å². The van der Waals surface area contributed by atoms with E-state index in [0.717, 1.165) is 11.1 Å². The maximum Gasteiger partial charge on any atom is 0.244 e. The van der Waals surface area contributed by atoms with Crippen LogP contribution in [-0.4, -0.2) is 17.4 Å². The highest BCUT2D eigenvalue weighted by atomic mass is 19.1. The molecule has 0 unspecified atom stereocenters. The van der Waals surface area contributed by atoms with Crippen LogP contribution >= 0.6 is 0 Å². The van der Waals surface area contributed by atoms with Crippen molar-refractivity contribution in [3.8, 4) is 0 Å². The van der Waals surface area contributed by atoms with Gasteiger partial charge in [0.05, 0.1) is 0 Å². The maximum atomic E-state index is 13.0. The fourth-order valence-electron chi connectivity index (χ4n) is 1.73. The predicted octanol–water partition coefficient (Wildman–Crippen LogP) is 2.59. The van der Waals surface area contributed by atoms with E-state index in [4.69, 9.17) is 0 Å². The number of halogens is 1. The van der Waals surface area contributed by atoms with Gasteiger partial charge in [-0.05, 0) is 41.8 Å². The highest BCUT2D eigenvalue weighted by Crippen LogP contribution is 2.03. The third-order valence-electron chi connectivity index (χ3n) is 2.71. The van der Waals surface area contributed by atoms with E-state index in [1.165, 1.54) is 18.2 Å². The highest BCUT2D eigenvalue weighted by Gasteiger charge is 1.98. The van der Waals surface area contributed by atoms with Crippen molar-refractivity contribution < 1.29 is 9.18 Å². The zero-order chi connectivity index (χ0) is 14.2. The van der Waals surface area contributed by atoms with E-state index in [1.54, 1.807) is 24.5 Å². The highest BCUT2D eigenvalue weighted by molar-refractivity contribution is 5.91. The van der Waals surface area contributed by atoms with Gasteiger partial charge in [0.1, 0.15) is 5.82 Å². The van der Waals surface area contributed by atoms with Gasteiger partial charge in [-0.3, -0.25) is 9.78 Å². The Morgan fingerprint density at radius 1 is 1.30 bits per heavy atom. The second kappa shape index (κ2) is 7.19. The number of nitrogens with one attached hydrogen (secondary N) is 1. The summed E-state index contributed by atoms with van der Waals surface area (Å²) in [5, 5.41) is 2.75. The molecule has 0 spiro atoms. The normalized spacial score (nSPS) is 10.7. The van der Waals surface area contributed by atoms with Crippen LogP contribution in [0, 0.1) is 5.82 Å². The zero-order valence-corrected chi connectivity index (χ0v) is 10.9. The number of hydrogen-bond donors (Lipinski definition) is 1. The minimum Gasteiger partial charge on any atom is -0.352 e. The Labute approximate surface area is 117 Å². The van der Waals surface area contributed by atoms with Crippen LogP contribution in [0.5, 0.6) is 0 Å². The third kappa shape index (κ3) is 4.65. The molecular formula is C16H15FN2O. The molecular weight excluding hydrogens is 255 g/mol. The van der Waals surface area contributed by atoms with Crippen LogP contribution in [0.15, 0.2) is 54.9 Å². The molecule has 0 aliphatic carbocycles. The van der Waals surface area contributed by atoms with Gasteiger partial charge in [0.15, 0.2) is 0 Å². The minimum absolute atomic E-state index is 0.176. The summed E-state index contributed by atoms with van der Waals surface area (Å²) in [4.78, 5) is 15.5. The second-order valence-corrected chi connectivity index (χ2v) is 4.29. The molecule has 4 heteroatoms. The number of aromatic nitrogens is 1. The summed E-state index contributed by atoms with van der Waals surface area (Å²) in [5.74, 6) is -0.435. The van der Waals surface area contributed by atoms with Gasteiger partial charge in [0.2, 0.25) is 5.91 Å². The van der Waals surface area contributed by atoms with Crippen molar-refractivity contribution in [2.75, 3.05) is 6.54 Å². The van der Waals surface area contributed by atoms with Gasteiger partial charge in [0, 0.05) is 25.0 Å². The lowest BCUT2D eigenvalue weighted by molar-refractivity contribution is -0.116. The number of rotatable bonds is 5. The molecule has 2 aromatic rings. The number of amides is 1. The summed E-state index contributed by atoms with van der Waals surface area (Å²) in [5.41, 5.74) is 1.73. The van der Waals surface area contributed by atoms with Crippen LogP contribution in [0.25, 0.3) is 6.08 Å². The van der Waals surface area contributed by atoms with Crippen LogP contribution in [0.1, 0.15) is 11.1 Å². The van der Waals surface area contributed by atoms with Gasteiger partial charge in [-0.1, -0.05) is 18.2 Å². The molecule has 0 radical (unpaired) electrons. The summed E-state index contributed by atoms with van der Waals surface area (Å²) in [6.07, 6.45) is 7.12. The number of benzene rings is 1. The lowest BCUT2D eigenvalue weighted by Crippen LogP contribution is -2.23. The monoisotopic (exact) mass is 270 g/mol. The van der Waals surface area contributed by atoms with Crippen molar-refractivity contribution >= 4 is 12.0 Å². The van der Waals surface area contributed by atoms with E-state index in [-0.39, 0.29) is 11.7 Å². The van der Waals surface area contributed by atoms with Crippen LogP contribution in [0.4, 0.5) is 4.39 Å². The number of hydrogen-bond acceptors (Lipinski definition) is 2. The van der Waals surface area contributed by atoms with E-state index in [9.17, 15) is 9.18 Å². The van der Waals surface area contributed by atoms with Gasteiger partial charge in [0.25, 0.3) is 0 Å². The van der Waals surface area contributed by atoms with Gasteiger partial charge in [-0.2, -0.15) is 0 Å². The summed E-state index contributed by atoms with van der Waals surface area (Å²) < 4.78 is 13.0.